The molecule has 0 spiro atoms. The first-order chi connectivity index (χ1) is 5.68. The molecule has 0 atom stereocenters. The molecule has 1 aliphatic heterocycles. The van der Waals surface area contributed by atoms with E-state index in [1.54, 1.807) is 6.92 Å². The molecule has 0 radical (unpaired) electrons. The standard InChI is InChI=1S/C7H6N2O3/c1-3-9-6-5(7(11)12-3)4(10)2-8-6/h8H,2H2,1H3. The van der Waals surface area contributed by atoms with Crippen LogP contribution in [-0.2, 0) is 0 Å². The first-order valence-electron chi connectivity index (χ1n) is 3.47. The zero-order chi connectivity index (χ0) is 8.72. The second-order valence-electron chi connectivity index (χ2n) is 2.52. The molecule has 0 aliphatic carbocycles. The van der Waals surface area contributed by atoms with E-state index < -0.39 is 5.63 Å². The van der Waals surface area contributed by atoms with Crippen LogP contribution in [0.3, 0.4) is 0 Å². The number of carbonyl (C=O) groups is 1. The highest BCUT2D eigenvalue weighted by Gasteiger charge is 2.25. The van der Waals surface area contributed by atoms with Gasteiger partial charge in [-0.3, -0.25) is 4.79 Å². The third kappa shape index (κ3) is 0.827. The van der Waals surface area contributed by atoms with Gasteiger partial charge in [0.05, 0.1) is 6.54 Å². The van der Waals surface area contributed by atoms with Crippen molar-refractivity contribution >= 4 is 11.6 Å². The molecule has 1 aromatic heterocycles. The molecule has 1 aromatic rings. The van der Waals surface area contributed by atoms with Gasteiger partial charge in [-0.25, -0.2) is 4.79 Å². The number of ketones is 1. The zero-order valence-electron chi connectivity index (χ0n) is 6.38. The number of hydrogen-bond donors (Lipinski definition) is 1. The summed E-state index contributed by atoms with van der Waals surface area (Å²) in [5.74, 6) is 0.348. The number of carbonyl (C=O) groups excluding carboxylic acids is 1. The van der Waals surface area contributed by atoms with Gasteiger partial charge < -0.3 is 9.73 Å². The van der Waals surface area contributed by atoms with Crippen molar-refractivity contribution in [2.24, 2.45) is 0 Å². The minimum atomic E-state index is -0.604. The lowest BCUT2D eigenvalue weighted by Crippen LogP contribution is -2.12. The number of aromatic nitrogens is 1. The lowest BCUT2D eigenvalue weighted by atomic mass is 10.2. The molecule has 0 fully saturated rings. The van der Waals surface area contributed by atoms with Crippen molar-refractivity contribution in [3.05, 3.63) is 21.9 Å². The molecule has 2 heterocycles. The minimum Gasteiger partial charge on any atom is -0.408 e. The molecular formula is C7H6N2O3. The van der Waals surface area contributed by atoms with Gasteiger partial charge in [0.25, 0.3) is 0 Å². The molecule has 12 heavy (non-hydrogen) atoms. The monoisotopic (exact) mass is 166 g/mol. The first kappa shape index (κ1) is 7.02. The van der Waals surface area contributed by atoms with E-state index in [2.05, 4.69) is 14.7 Å². The fourth-order valence-electron chi connectivity index (χ4n) is 1.14. The average Bonchev–Trinajstić information content (AvgIpc) is 2.31. The first-order valence-corrected chi connectivity index (χ1v) is 3.47. The SMILES string of the molecule is Cc1nc2c(c(=O)o1)C(=O)CN2. The van der Waals surface area contributed by atoms with Crippen molar-refractivity contribution in [3.63, 3.8) is 0 Å². The van der Waals surface area contributed by atoms with E-state index in [-0.39, 0.29) is 23.8 Å². The normalized spacial score (nSPS) is 14.2. The summed E-state index contributed by atoms with van der Waals surface area (Å²) in [4.78, 5) is 26.0. The van der Waals surface area contributed by atoms with E-state index in [9.17, 15) is 9.59 Å². The Hall–Kier alpha value is -1.65. The van der Waals surface area contributed by atoms with Gasteiger partial charge in [-0.05, 0) is 0 Å². The molecule has 1 N–H and O–H groups in total. The summed E-state index contributed by atoms with van der Waals surface area (Å²) in [5.41, 5.74) is -0.562. The van der Waals surface area contributed by atoms with Crippen LogP contribution in [0.5, 0.6) is 0 Å². The second kappa shape index (κ2) is 2.17. The molecule has 0 saturated heterocycles. The summed E-state index contributed by atoms with van der Waals surface area (Å²) in [5, 5.41) is 2.71. The summed E-state index contributed by atoms with van der Waals surface area (Å²) in [6.45, 7) is 1.70. The van der Waals surface area contributed by atoms with Crippen LogP contribution in [-0.4, -0.2) is 17.3 Å². The molecule has 2 rings (SSSR count). The fraction of sp³-hybridized carbons (Fsp3) is 0.286. The van der Waals surface area contributed by atoms with Crippen molar-refractivity contribution in [2.45, 2.75) is 6.92 Å². The van der Waals surface area contributed by atoms with Crippen LogP contribution in [0.1, 0.15) is 16.2 Å². The van der Waals surface area contributed by atoms with Crippen LogP contribution >= 0.6 is 0 Å². The number of rotatable bonds is 0. The maximum atomic E-state index is 11.1. The van der Waals surface area contributed by atoms with Gasteiger partial charge in [-0.2, -0.15) is 4.98 Å². The van der Waals surface area contributed by atoms with Crippen molar-refractivity contribution in [1.29, 1.82) is 0 Å². The van der Waals surface area contributed by atoms with Gasteiger partial charge in [0.2, 0.25) is 0 Å². The van der Waals surface area contributed by atoms with Gasteiger partial charge in [0.15, 0.2) is 11.7 Å². The van der Waals surface area contributed by atoms with Gasteiger partial charge in [-0.1, -0.05) is 0 Å². The van der Waals surface area contributed by atoms with Crippen LogP contribution in [0.4, 0.5) is 5.82 Å². The summed E-state index contributed by atoms with van der Waals surface area (Å²) < 4.78 is 4.66. The van der Waals surface area contributed by atoms with E-state index in [0.717, 1.165) is 0 Å². The van der Waals surface area contributed by atoms with Gasteiger partial charge >= 0.3 is 5.63 Å². The van der Waals surface area contributed by atoms with Crippen LogP contribution in [0.25, 0.3) is 0 Å². The highest BCUT2D eigenvalue weighted by Crippen LogP contribution is 2.14. The molecular weight excluding hydrogens is 160 g/mol. The van der Waals surface area contributed by atoms with E-state index in [0.29, 0.717) is 5.82 Å². The Morgan fingerprint density at radius 3 is 3.00 bits per heavy atom. The molecule has 0 bridgehead atoms. The van der Waals surface area contributed by atoms with Crippen LogP contribution in [0.2, 0.25) is 0 Å². The van der Waals surface area contributed by atoms with E-state index in [1.807, 2.05) is 0 Å². The molecule has 5 heteroatoms. The van der Waals surface area contributed by atoms with Crippen molar-refractivity contribution in [1.82, 2.24) is 4.98 Å². The maximum absolute atomic E-state index is 11.1. The Morgan fingerprint density at radius 2 is 2.25 bits per heavy atom. The fourth-order valence-corrected chi connectivity index (χ4v) is 1.14. The molecule has 0 saturated carbocycles. The van der Waals surface area contributed by atoms with Crippen molar-refractivity contribution in [2.75, 3.05) is 11.9 Å². The predicted octanol–water partition coefficient (Wildman–Crippen LogP) is -0.0486. The summed E-state index contributed by atoms with van der Waals surface area (Å²) in [6.07, 6.45) is 0. The van der Waals surface area contributed by atoms with E-state index in [1.165, 1.54) is 0 Å². The highest BCUT2D eigenvalue weighted by atomic mass is 16.4. The lowest BCUT2D eigenvalue weighted by molar-refractivity contribution is 0.101. The Morgan fingerprint density at radius 1 is 1.50 bits per heavy atom. The van der Waals surface area contributed by atoms with Crippen molar-refractivity contribution < 1.29 is 9.21 Å². The van der Waals surface area contributed by atoms with Crippen LogP contribution in [0.15, 0.2) is 9.21 Å². The lowest BCUT2D eigenvalue weighted by Gasteiger charge is -1.95. The topological polar surface area (TPSA) is 72.2 Å². The molecule has 1 aliphatic rings. The number of nitrogens with zero attached hydrogens (tertiary/aromatic N) is 1. The number of nitrogens with one attached hydrogen (secondary N) is 1. The third-order valence-electron chi connectivity index (χ3n) is 1.65. The predicted molar refractivity (Wildman–Crippen MR) is 40.3 cm³/mol. The quantitative estimate of drug-likeness (QED) is 0.585. The Balaban J connectivity index is 2.77. The minimum absolute atomic E-state index is 0.0422. The number of fused-ring (bicyclic) bond motifs is 1. The molecule has 62 valence electrons. The summed E-state index contributed by atoms with van der Waals surface area (Å²) in [7, 11) is 0. The largest absolute Gasteiger partial charge is 0.408 e. The zero-order valence-corrected chi connectivity index (χ0v) is 6.38. The van der Waals surface area contributed by atoms with E-state index in [4.69, 9.17) is 0 Å². The summed E-state index contributed by atoms with van der Waals surface area (Å²) in [6, 6.07) is 0. The van der Waals surface area contributed by atoms with Gasteiger partial charge in [-0.15, -0.1) is 0 Å². The van der Waals surface area contributed by atoms with Crippen LogP contribution < -0.4 is 10.9 Å². The second-order valence-corrected chi connectivity index (χ2v) is 2.52. The number of hydrogen-bond acceptors (Lipinski definition) is 5. The number of Topliss-reactive ketones (excluding diaryl/α,β-unsaturated/α-hetero) is 1. The molecule has 0 unspecified atom stereocenters. The Labute approximate surface area is 67.4 Å². The number of aryl methyl sites for hydroxylation is 1. The number of anilines is 1. The van der Waals surface area contributed by atoms with Gasteiger partial charge in [0, 0.05) is 6.92 Å². The smallest absolute Gasteiger partial charge is 0.352 e. The third-order valence-corrected chi connectivity index (χ3v) is 1.65. The highest BCUT2D eigenvalue weighted by molar-refractivity contribution is 6.06. The maximum Gasteiger partial charge on any atom is 0.352 e. The summed E-state index contributed by atoms with van der Waals surface area (Å²) >= 11 is 0. The molecule has 5 nitrogen and oxygen atoms in total. The molecule has 0 amide bonds. The van der Waals surface area contributed by atoms with Crippen LogP contribution in [0, 0.1) is 6.92 Å². The van der Waals surface area contributed by atoms with Crippen molar-refractivity contribution in [3.8, 4) is 0 Å². The Kier molecular flexibility index (Phi) is 1.27. The van der Waals surface area contributed by atoms with Gasteiger partial charge in [0.1, 0.15) is 11.4 Å². The molecule has 0 aromatic carbocycles. The van der Waals surface area contributed by atoms with E-state index >= 15 is 0 Å². The average molecular weight is 166 g/mol. The Bertz CT molecular complexity index is 408.